The Hall–Kier alpha value is -0.680. The van der Waals surface area contributed by atoms with Gasteiger partial charge in [0.15, 0.2) is 0 Å². The molecule has 0 saturated carbocycles. The molecule has 0 amide bonds. The van der Waals surface area contributed by atoms with Gasteiger partial charge in [0.1, 0.15) is 5.01 Å². The molecule has 1 aliphatic heterocycles. The summed E-state index contributed by atoms with van der Waals surface area (Å²) in [7, 11) is 0. The summed E-state index contributed by atoms with van der Waals surface area (Å²) in [6, 6.07) is 5.91. The molecular weight excluding hydrogens is 254 g/mol. The Morgan fingerprint density at radius 2 is 2.18 bits per heavy atom. The van der Waals surface area contributed by atoms with Crippen molar-refractivity contribution in [1.82, 2.24) is 15.2 Å². The van der Waals surface area contributed by atoms with E-state index in [0.717, 1.165) is 53.0 Å². The van der Waals surface area contributed by atoms with Crippen molar-refractivity contribution in [1.29, 1.82) is 0 Å². The largest absolute Gasteiger partial charge is 0.314 e. The average molecular weight is 268 g/mol. The van der Waals surface area contributed by atoms with Crippen LogP contribution in [0.25, 0.3) is 10.2 Å². The topological polar surface area (TPSA) is 28.2 Å². The van der Waals surface area contributed by atoms with Gasteiger partial charge in [-0.15, -0.1) is 11.3 Å². The number of nitrogens with one attached hydrogen (secondary N) is 1. The van der Waals surface area contributed by atoms with Crippen LogP contribution in [-0.2, 0) is 6.54 Å². The molecule has 0 atom stereocenters. The van der Waals surface area contributed by atoms with Crippen LogP contribution >= 0.6 is 22.9 Å². The maximum Gasteiger partial charge on any atom is 0.108 e. The Labute approximate surface area is 109 Å². The van der Waals surface area contributed by atoms with Crippen LogP contribution in [0.1, 0.15) is 5.01 Å². The summed E-state index contributed by atoms with van der Waals surface area (Å²) in [6.45, 7) is 5.29. The zero-order chi connectivity index (χ0) is 11.7. The fourth-order valence-electron chi connectivity index (χ4n) is 2.09. The lowest BCUT2D eigenvalue weighted by atomic mass is 10.3. The molecule has 0 spiro atoms. The number of fused-ring (bicyclic) bond motifs is 1. The highest BCUT2D eigenvalue weighted by atomic mass is 35.5. The second kappa shape index (κ2) is 4.90. The first-order valence-corrected chi connectivity index (χ1v) is 6.99. The van der Waals surface area contributed by atoms with Gasteiger partial charge in [0.2, 0.25) is 0 Å². The Kier molecular flexibility index (Phi) is 3.29. The zero-order valence-electron chi connectivity index (χ0n) is 9.45. The molecule has 1 saturated heterocycles. The van der Waals surface area contributed by atoms with Crippen LogP contribution < -0.4 is 5.32 Å². The molecule has 3 nitrogen and oxygen atoms in total. The quantitative estimate of drug-likeness (QED) is 0.905. The average Bonchev–Trinajstić information content (AvgIpc) is 2.74. The van der Waals surface area contributed by atoms with E-state index in [1.165, 1.54) is 0 Å². The van der Waals surface area contributed by atoms with Gasteiger partial charge in [0.05, 0.1) is 21.8 Å². The minimum Gasteiger partial charge on any atom is -0.314 e. The number of hydrogen-bond donors (Lipinski definition) is 1. The number of halogens is 1. The van der Waals surface area contributed by atoms with Gasteiger partial charge in [-0.05, 0) is 12.1 Å². The van der Waals surface area contributed by atoms with Gasteiger partial charge in [-0.1, -0.05) is 17.7 Å². The summed E-state index contributed by atoms with van der Waals surface area (Å²) in [5.74, 6) is 0. The Bertz CT molecular complexity index is 519. The molecule has 1 aromatic carbocycles. The summed E-state index contributed by atoms with van der Waals surface area (Å²) in [5.41, 5.74) is 1.02. The predicted octanol–water partition coefficient (Wildman–Crippen LogP) is 2.35. The van der Waals surface area contributed by atoms with Crippen LogP contribution in [0, 0.1) is 0 Å². The first-order chi connectivity index (χ1) is 8.33. The molecule has 0 aliphatic carbocycles. The summed E-state index contributed by atoms with van der Waals surface area (Å²) < 4.78 is 1.11. The van der Waals surface area contributed by atoms with E-state index in [9.17, 15) is 0 Å². The molecule has 1 aliphatic rings. The lowest BCUT2D eigenvalue weighted by Gasteiger charge is -2.25. The van der Waals surface area contributed by atoms with Gasteiger partial charge in [-0.3, -0.25) is 4.90 Å². The number of rotatable bonds is 2. The highest BCUT2D eigenvalue weighted by Gasteiger charge is 2.13. The van der Waals surface area contributed by atoms with E-state index in [1.807, 2.05) is 18.2 Å². The van der Waals surface area contributed by atoms with Gasteiger partial charge in [0.25, 0.3) is 0 Å². The normalized spacial score (nSPS) is 17.7. The molecule has 2 aromatic rings. The summed E-state index contributed by atoms with van der Waals surface area (Å²) >= 11 is 7.87. The monoisotopic (exact) mass is 267 g/mol. The number of hydrogen-bond acceptors (Lipinski definition) is 4. The first-order valence-electron chi connectivity index (χ1n) is 5.80. The smallest absolute Gasteiger partial charge is 0.108 e. The van der Waals surface area contributed by atoms with Crippen LogP contribution in [0.15, 0.2) is 18.2 Å². The SMILES string of the molecule is Clc1cccc2nc(CN3CCNCC3)sc12. The molecule has 2 heterocycles. The van der Waals surface area contributed by atoms with Gasteiger partial charge in [-0.2, -0.15) is 0 Å². The Balaban J connectivity index is 1.83. The number of aromatic nitrogens is 1. The number of nitrogens with zero attached hydrogens (tertiary/aromatic N) is 2. The molecule has 0 bridgehead atoms. The molecule has 3 rings (SSSR count). The minimum absolute atomic E-state index is 0.812. The number of thiazole rings is 1. The predicted molar refractivity (Wildman–Crippen MR) is 72.8 cm³/mol. The van der Waals surface area contributed by atoms with Crippen molar-refractivity contribution in [3.8, 4) is 0 Å². The molecule has 0 radical (unpaired) electrons. The highest BCUT2D eigenvalue weighted by molar-refractivity contribution is 7.19. The van der Waals surface area contributed by atoms with E-state index < -0.39 is 0 Å². The summed E-state index contributed by atoms with van der Waals surface area (Å²) in [6.07, 6.45) is 0. The zero-order valence-corrected chi connectivity index (χ0v) is 11.0. The van der Waals surface area contributed by atoms with Crippen molar-refractivity contribution < 1.29 is 0 Å². The lowest BCUT2D eigenvalue weighted by molar-refractivity contribution is 0.233. The van der Waals surface area contributed by atoms with Gasteiger partial charge < -0.3 is 5.32 Å². The maximum absolute atomic E-state index is 6.16. The van der Waals surface area contributed by atoms with Crippen LogP contribution in [0.3, 0.4) is 0 Å². The van der Waals surface area contributed by atoms with Crippen molar-refractivity contribution in [2.24, 2.45) is 0 Å². The van der Waals surface area contributed by atoms with Crippen molar-refractivity contribution in [2.45, 2.75) is 6.54 Å². The third kappa shape index (κ3) is 2.45. The van der Waals surface area contributed by atoms with Crippen molar-refractivity contribution in [3.63, 3.8) is 0 Å². The second-order valence-corrected chi connectivity index (χ2v) is 5.71. The minimum atomic E-state index is 0.812. The van der Waals surface area contributed by atoms with Crippen molar-refractivity contribution in [2.75, 3.05) is 26.2 Å². The van der Waals surface area contributed by atoms with E-state index in [-0.39, 0.29) is 0 Å². The highest BCUT2D eigenvalue weighted by Crippen LogP contribution is 2.29. The molecule has 1 fully saturated rings. The molecule has 1 aromatic heterocycles. The van der Waals surface area contributed by atoms with Crippen LogP contribution in [0.4, 0.5) is 0 Å². The molecule has 5 heteroatoms. The molecule has 1 N–H and O–H groups in total. The Morgan fingerprint density at radius 3 is 2.94 bits per heavy atom. The van der Waals surface area contributed by atoms with E-state index >= 15 is 0 Å². The number of piperazine rings is 1. The molecule has 17 heavy (non-hydrogen) atoms. The summed E-state index contributed by atoms with van der Waals surface area (Å²) in [4.78, 5) is 7.07. The van der Waals surface area contributed by atoms with E-state index in [2.05, 4.69) is 15.2 Å². The van der Waals surface area contributed by atoms with E-state index in [0.29, 0.717) is 0 Å². The van der Waals surface area contributed by atoms with Crippen LogP contribution in [0.2, 0.25) is 5.02 Å². The van der Waals surface area contributed by atoms with E-state index in [1.54, 1.807) is 11.3 Å². The van der Waals surface area contributed by atoms with Gasteiger partial charge >= 0.3 is 0 Å². The van der Waals surface area contributed by atoms with Crippen LogP contribution in [-0.4, -0.2) is 36.1 Å². The number of benzene rings is 1. The Morgan fingerprint density at radius 1 is 1.35 bits per heavy atom. The molecule has 0 unspecified atom stereocenters. The molecular formula is C12H14ClN3S. The second-order valence-electron chi connectivity index (χ2n) is 4.22. The lowest BCUT2D eigenvalue weighted by Crippen LogP contribution is -2.42. The van der Waals surface area contributed by atoms with E-state index in [4.69, 9.17) is 11.6 Å². The standard InChI is InChI=1S/C12H14ClN3S/c13-9-2-1-3-10-12(9)17-11(15-10)8-16-6-4-14-5-7-16/h1-3,14H,4-8H2. The maximum atomic E-state index is 6.16. The fourth-order valence-corrected chi connectivity index (χ4v) is 3.39. The van der Waals surface area contributed by atoms with Gasteiger partial charge in [0, 0.05) is 26.2 Å². The van der Waals surface area contributed by atoms with Crippen molar-refractivity contribution >= 4 is 33.2 Å². The van der Waals surface area contributed by atoms with Crippen LogP contribution in [0.5, 0.6) is 0 Å². The van der Waals surface area contributed by atoms with Gasteiger partial charge in [-0.25, -0.2) is 4.98 Å². The fraction of sp³-hybridized carbons (Fsp3) is 0.417. The van der Waals surface area contributed by atoms with Crippen molar-refractivity contribution in [3.05, 3.63) is 28.2 Å². The third-order valence-corrected chi connectivity index (χ3v) is 4.50. The summed E-state index contributed by atoms with van der Waals surface area (Å²) in [5, 5.41) is 5.33. The first kappa shape index (κ1) is 11.4. The third-order valence-electron chi connectivity index (χ3n) is 2.98. The molecule has 90 valence electrons.